The zero-order valence-electron chi connectivity index (χ0n) is 12.3. The lowest BCUT2D eigenvalue weighted by Gasteiger charge is -2.36. The van der Waals surface area contributed by atoms with Crippen molar-refractivity contribution in [2.45, 2.75) is 26.8 Å². The van der Waals surface area contributed by atoms with Gasteiger partial charge in [0.05, 0.1) is 5.69 Å². The maximum absolute atomic E-state index is 12.0. The van der Waals surface area contributed by atoms with Crippen LogP contribution in [0.4, 0.5) is 10.5 Å². The molecule has 1 heterocycles. The third-order valence-corrected chi connectivity index (χ3v) is 4.06. The number of carbonyl (C=O) groups excluding carboxylic acids is 1. The molecule has 0 aliphatic carbocycles. The van der Waals surface area contributed by atoms with E-state index in [0.29, 0.717) is 0 Å². The lowest BCUT2D eigenvalue weighted by Crippen LogP contribution is -2.53. The minimum atomic E-state index is 0.0441. The lowest BCUT2D eigenvalue weighted by atomic mass is 10.2. The van der Waals surface area contributed by atoms with Crippen LogP contribution in [0.5, 0.6) is 0 Å². The van der Waals surface area contributed by atoms with E-state index in [2.05, 4.69) is 51.3 Å². The van der Waals surface area contributed by atoms with Gasteiger partial charge in [-0.2, -0.15) is 0 Å². The van der Waals surface area contributed by atoms with Gasteiger partial charge in [0.2, 0.25) is 0 Å². The highest BCUT2D eigenvalue weighted by Gasteiger charge is 2.22. The van der Waals surface area contributed by atoms with Crippen LogP contribution in [0.2, 0.25) is 0 Å². The fourth-order valence-electron chi connectivity index (χ4n) is 2.36. The summed E-state index contributed by atoms with van der Waals surface area (Å²) in [7, 11) is 0. The molecule has 5 heteroatoms. The predicted molar refractivity (Wildman–Crippen MR) is 86.3 cm³/mol. The normalized spacial score (nSPS) is 15.7. The van der Waals surface area contributed by atoms with Crippen molar-refractivity contribution < 1.29 is 4.79 Å². The SMILES string of the molecule is Cc1ccc(N2CCN(C(=O)NC(C)C)CC2)c(Br)c1. The monoisotopic (exact) mass is 339 g/mol. The molecule has 0 saturated carbocycles. The Bertz CT molecular complexity index is 482. The van der Waals surface area contributed by atoms with E-state index < -0.39 is 0 Å². The van der Waals surface area contributed by atoms with E-state index in [0.717, 1.165) is 30.7 Å². The molecule has 0 unspecified atom stereocenters. The van der Waals surface area contributed by atoms with Gasteiger partial charge in [0.1, 0.15) is 0 Å². The van der Waals surface area contributed by atoms with Crippen LogP contribution in [0.1, 0.15) is 19.4 Å². The summed E-state index contributed by atoms with van der Waals surface area (Å²) >= 11 is 3.62. The quantitative estimate of drug-likeness (QED) is 0.898. The molecule has 110 valence electrons. The zero-order chi connectivity index (χ0) is 14.7. The van der Waals surface area contributed by atoms with E-state index in [1.165, 1.54) is 11.3 Å². The standard InChI is InChI=1S/C15H22BrN3O/c1-11(2)17-15(20)19-8-6-18(7-9-19)14-5-4-12(3)10-13(14)16/h4-5,10-11H,6-9H2,1-3H3,(H,17,20). The van der Waals surface area contributed by atoms with Crippen LogP contribution in [0.3, 0.4) is 0 Å². The molecule has 1 N–H and O–H groups in total. The number of piperazine rings is 1. The number of anilines is 1. The predicted octanol–water partition coefficient (Wildman–Crippen LogP) is 3.00. The molecule has 1 aromatic rings. The average Bonchev–Trinajstić information content (AvgIpc) is 2.38. The van der Waals surface area contributed by atoms with E-state index in [1.807, 2.05) is 18.7 Å². The number of hydrogen-bond donors (Lipinski definition) is 1. The van der Waals surface area contributed by atoms with Gasteiger partial charge in [-0.15, -0.1) is 0 Å². The van der Waals surface area contributed by atoms with Gasteiger partial charge in [-0.3, -0.25) is 0 Å². The van der Waals surface area contributed by atoms with Crippen molar-refractivity contribution in [2.75, 3.05) is 31.1 Å². The number of urea groups is 1. The van der Waals surface area contributed by atoms with Gasteiger partial charge in [-0.1, -0.05) is 6.07 Å². The van der Waals surface area contributed by atoms with Gasteiger partial charge >= 0.3 is 6.03 Å². The molecule has 4 nitrogen and oxygen atoms in total. The van der Waals surface area contributed by atoms with Gasteiger partial charge in [0.15, 0.2) is 0 Å². The van der Waals surface area contributed by atoms with Crippen molar-refractivity contribution in [2.24, 2.45) is 0 Å². The minimum absolute atomic E-state index is 0.0441. The molecule has 2 rings (SSSR count). The fraction of sp³-hybridized carbons (Fsp3) is 0.533. The summed E-state index contributed by atoms with van der Waals surface area (Å²) in [6.45, 7) is 9.32. The molecule has 0 radical (unpaired) electrons. The van der Waals surface area contributed by atoms with E-state index in [-0.39, 0.29) is 12.1 Å². The number of aryl methyl sites for hydroxylation is 1. The van der Waals surface area contributed by atoms with Crippen LogP contribution >= 0.6 is 15.9 Å². The maximum atomic E-state index is 12.0. The first kappa shape index (κ1) is 15.2. The van der Waals surface area contributed by atoms with Crippen LogP contribution in [0.25, 0.3) is 0 Å². The van der Waals surface area contributed by atoms with Crippen molar-refractivity contribution >= 4 is 27.6 Å². The second kappa shape index (κ2) is 6.48. The molecule has 0 atom stereocenters. The van der Waals surface area contributed by atoms with Gasteiger partial charge < -0.3 is 15.1 Å². The Morgan fingerprint density at radius 3 is 2.45 bits per heavy atom. The Labute approximate surface area is 129 Å². The van der Waals surface area contributed by atoms with Crippen LogP contribution in [-0.4, -0.2) is 43.2 Å². The van der Waals surface area contributed by atoms with Gasteiger partial charge in [-0.05, 0) is 54.4 Å². The summed E-state index contributed by atoms with van der Waals surface area (Å²) in [5.41, 5.74) is 2.45. The Morgan fingerprint density at radius 1 is 1.25 bits per heavy atom. The Kier molecular flexibility index (Phi) is 4.91. The van der Waals surface area contributed by atoms with E-state index in [1.54, 1.807) is 0 Å². The van der Waals surface area contributed by atoms with Crippen molar-refractivity contribution in [1.29, 1.82) is 0 Å². The number of benzene rings is 1. The highest BCUT2D eigenvalue weighted by atomic mass is 79.9. The van der Waals surface area contributed by atoms with Crippen LogP contribution < -0.4 is 10.2 Å². The molecule has 0 spiro atoms. The lowest BCUT2D eigenvalue weighted by molar-refractivity contribution is 0.192. The van der Waals surface area contributed by atoms with E-state index in [4.69, 9.17) is 0 Å². The highest BCUT2D eigenvalue weighted by molar-refractivity contribution is 9.10. The number of halogens is 1. The summed E-state index contributed by atoms with van der Waals surface area (Å²) in [4.78, 5) is 16.2. The molecule has 1 aliphatic rings. The second-order valence-corrected chi connectivity index (χ2v) is 6.39. The number of nitrogens with one attached hydrogen (secondary N) is 1. The van der Waals surface area contributed by atoms with Crippen molar-refractivity contribution in [1.82, 2.24) is 10.2 Å². The van der Waals surface area contributed by atoms with E-state index in [9.17, 15) is 4.79 Å². The molecule has 0 bridgehead atoms. The largest absolute Gasteiger partial charge is 0.367 e. The summed E-state index contributed by atoms with van der Waals surface area (Å²) < 4.78 is 1.12. The summed E-state index contributed by atoms with van der Waals surface area (Å²) in [5, 5.41) is 2.95. The minimum Gasteiger partial charge on any atom is -0.367 e. The van der Waals surface area contributed by atoms with Crippen molar-refractivity contribution in [3.8, 4) is 0 Å². The highest BCUT2D eigenvalue weighted by Crippen LogP contribution is 2.28. The summed E-state index contributed by atoms with van der Waals surface area (Å²) in [5.74, 6) is 0. The first-order chi connectivity index (χ1) is 9.47. The van der Waals surface area contributed by atoms with Crippen molar-refractivity contribution in [3.05, 3.63) is 28.2 Å². The zero-order valence-corrected chi connectivity index (χ0v) is 13.9. The van der Waals surface area contributed by atoms with Crippen LogP contribution in [-0.2, 0) is 0 Å². The van der Waals surface area contributed by atoms with Crippen LogP contribution in [0, 0.1) is 6.92 Å². The first-order valence-electron chi connectivity index (χ1n) is 7.04. The third kappa shape index (κ3) is 3.66. The Balaban J connectivity index is 1.95. The molecule has 0 aromatic heterocycles. The Hall–Kier alpha value is -1.23. The molecule has 1 aromatic carbocycles. The fourth-order valence-corrected chi connectivity index (χ4v) is 3.10. The summed E-state index contributed by atoms with van der Waals surface area (Å²) in [6, 6.07) is 6.63. The first-order valence-corrected chi connectivity index (χ1v) is 7.83. The van der Waals surface area contributed by atoms with Gasteiger partial charge in [-0.25, -0.2) is 4.79 Å². The number of hydrogen-bond acceptors (Lipinski definition) is 2. The molecule has 1 fully saturated rings. The Morgan fingerprint density at radius 2 is 1.90 bits per heavy atom. The maximum Gasteiger partial charge on any atom is 0.317 e. The summed E-state index contributed by atoms with van der Waals surface area (Å²) in [6.07, 6.45) is 0. The second-order valence-electron chi connectivity index (χ2n) is 5.53. The molecule has 20 heavy (non-hydrogen) atoms. The van der Waals surface area contributed by atoms with Gasteiger partial charge in [0.25, 0.3) is 0 Å². The molecule has 1 aliphatic heterocycles. The topological polar surface area (TPSA) is 35.6 Å². The van der Waals surface area contributed by atoms with Crippen LogP contribution in [0.15, 0.2) is 22.7 Å². The molecule has 1 saturated heterocycles. The van der Waals surface area contributed by atoms with E-state index >= 15 is 0 Å². The average molecular weight is 340 g/mol. The van der Waals surface area contributed by atoms with Crippen molar-refractivity contribution in [3.63, 3.8) is 0 Å². The number of nitrogens with zero attached hydrogens (tertiary/aromatic N) is 2. The molecular weight excluding hydrogens is 318 g/mol. The number of carbonyl (C=O) groups is 1. The molecule has 2 amide bonds. The van der Waals surface area contributed by atoms with Gasteiger partial charge in [0, 0.05) is 36.7 Å². The molecular formula is C15H22BrN3O. The number of amides is 2. The third-order valence-electron chi connectivity index (χ3n) is 3.42. The smallest absolute Gasteiger partial charge is 0.317 e. The number of rotatable bonds is 2.